The van der Waals surface area contributed by atoms with Crippen LogP contribution < -0.4 is 11.3 Å². The van der Waals surface area contributed by atoms with E-state index in [0.29, 0.717) is 6.54 Å². The van der Waals surface area contributed by atoms with E-state index < -0.39 is 12.7 Å². The Morgan fingerprint density at radius 2 is 2.00 bits per heavy atom. The van der Waals surface area contributed by atoms with Gasteiger partial charge in [-0.05, 0) is 12.8 Å². The van der Waals surface area contributed by atoms with Gasteiger partial charge in [0.1, 0.15) is 6.54 Å². The molecule has 0 bridgehead atoms. The molecule has 0 aromatic carbocycles. The molecule has 0 saturated heterocycles. The number of alkyl halides is 3. The van der Waals surface area contributed by atoms with Gasteiger partial charge in [-0.3, -0.25) is 10.4 Å². The summed E-state index contributed by atoms with van der Waals surface area (Å²) in [7, 11) is 0. The number of hydrogen-bond donors (Lipinski definition) is 2. The molecule has 0 fully saturated rings. The van der Waals surface area contributed by atoms with Crippen molar-refractivity contribution >= 4 is 5.96 Å². The first-order valence-corrected chi connectivity index (χ1v) is 5.13. The molecule has 0 unspecified atom stereocenters. The second-order valence-electron chi connectivity index (χ2n) is 3.83. The van der Waals surface area contributed by atoms with E-state index in [9.17, 15) is 13.2 Å². The second-order valence-corrected chi connectivity index (χ2v) is 3.83. The Hall–Kier alpha value is -0.980. The lowest BCUT2D eigenvalue weighted by molar-refractivity contribution is -0.137. The molecule has 0 saturated carbocycles. The van der Waals surface area contributed by atoms with E-state index in [1.54, 1.807) is 6.92 Å². The highest BCUT2D eigenvalue weighted by Crippen LogP contribution is 2.16. The quantitative estimate of drug-likeness (QED) is 0.337. The minimum atomic E-state index is -4.26. The molecule has 0 rings (SSSR count). The molecule has 0 heterocycles. The first-order valence-electron chi connectivity index (χ1n) is 5.13. The lowest BCUT2D eigenvalue weighted by atomic mass is 10.2. The van der Waals surface area contributed by atoms with E-state index >= 15 is 0 Å². The third-order valence-electron chi connectivity index (χ3n) is 1.79. The van der Waals surface area contributed by atoms with E-state index in [4.69, 9.17) is 5.84 Å². The smallest absolute Gasteiger partial charge is 0.333 e. The molecule has 0 aliphatic rings. The summed E-state index contributed by atoms with van der Waals surface area (Å²) in [4.78, 5) is 5.06. The van der Waals surface area contributed by atoms with Crippen LogP contribution in [0.4, 0.5) is 13.2 Å². The lowest BCUT2D eigenvalue weighted by Crippen LogP contribution is -2.48. The standard InChI is InChI=1S/C9H19F3N4/c1-4-16(6-9(10,11)12)8(15-13)14-5-7(2)3/h7H,4-6,13H2,1-3H3,(H,14,15). The van der Waals surface area contributed by atoms with Crippen LogP contribution >= 0.6 is 0 Å². The summed E-state index contributed by atoms with van der Waals surface area (Å²) < 4.78 is 36.7. The zero-order chi connectivity index (χ0) is 12.8. The van der Waals surface area contributed by atoms with Gasteiger partial charge in [0.25, 0.3) is 0 Å². The van der Waals surface area contributed by atoms with Crippen molar-refractivity contribution in [2.24, 2.45) is 16.8 Å². The van der Waals surface area contributed by atoms with Gasteiger partial charge in [-0.15, -0.1) is 0 Å². The number of nitrogens with two attached hydrogens (primary N) is 1. The summed E-state index contributed by atoms with van der Waals surface area (Å²) in [6.45, 7) is 5.06. The maximum atomic E-state index is 12.2. The monoisotopic (exact) mass is 240 g/mol. The van der Waals surface area contributed by atoms with Gasteiger partial charge >= 0.3 is 6.18 Å². The van der Waals surface area contributed by atoms with E-state index in [-0.39, 0.29) is 18.4 Å². The van der Waals surface area contributed by atoms with Crippen molar-refractivity contribution in [1.82, 2.24) is 10.3 Å². The minimum Gasteiger partial charge on any atom is -0.333 e. The molecule has 0 aromatic rings. The largest absolute Gasteiger partial charge is 0.406 e. The van der Waals surface area contributed by atoms with Crippen LogP contribution in [0.1, 0.15) is 20.8 Å². The van der Waals surface area contributed by atoms with Crippen LogP contribution in [0, 0.1) is 5.92 Å². The summed E-state index contributed by atoms with van der Waals surface area (Å²) in [6.07, 6.45) is -4.26. The fourth-order valence-electron chi connectivity index (χ4n) is 1.06. The number of guanidine groups is 1. The van der Waals surface area contributed by atoms with Crippen molar-refractivity contribution in [1.29, 1.82) is 0 Å². The number of hydrogen-bond acceptors (Lipinski definition) is 2. The fraction of sp³-hybridized carbons (Fsp3) is 0.889. The van der Waals surface area contributed by atoms with Crippen LogP contribution in [-0.2, 0) is 0 Å². The van der Waals surface area contributed by atoms with Gasteiger partial charge in [-0.1, -0.05) is 13.8 Å². The lowest BCUT2D eigenvalue weighted by Gasteiger charge is -2.25. The normalized spacial score (nSPS) is 13.1. The molecule has 0 aliphatic carbocycles. The number of aliphatic imine (C=N–C) groups is 1. The highest BCUT2D eigenvalue weighted by Gasteiger charge is 2.31. The molecule has 0 spiro atoms. The molecule has 0 atom stereocenters. The average molecular weight is 240 g/mol. The third kappa shape index (κ3) is 6.49. The topological polar surface area (TPSA) is 53.6 Å². The third-order valence-corrected chi connectivity index (χ3v) is 1.79. The Balaban J connectivity index is 4.56. The van der Waals surface area contributed by atoms with Crippen molar-refractivity contribution in [3.8, 4) is 0 Å². The Bertz CT molecular complexity index is 225. The number of rotatable bonds is 4. The molecule has 0 amide bonds. The van der Waals surface area contributed by atoms with Crippen molar-refractivity contribution < 1.29 is 13.2 Å². The van der Waals surface area contributed by atoms with E-state index in [1.165, 1.54) is 0 Å². The predicted octanol–water partition coefficient (Wildman–Crippen LogP) is 1.35. The molecule has 7 heteroatoms. The second kappa shape index (κ2) is 6.57. The molecule has 0 radical (unpaired) electrons. The Morgan fingerprint density at radius 1 is 1.44 bits per heavy atom. The fourth-order valence-corrected chi connectivity index (χ4v) is 1.06. The van der Waals surface area contributed by atoms with Gasteiger partial charge in [0, 0.05) is 13.1 Å². The van der Waals surface area contributed by atoms with E-state index in [1.807, 2.05) is 13.8 Å². The van der Waals surface area contributed by atoms with Crippen LogP contribution in [0.25, 0.3) is 0 Å². The van der Waals surface area contributed by atoms with Crippen molar-refractivity contribution in [2.45, 2.75) is 26.9 Å². The van der Waals surface area contributed by atoms with Crippen molar-refractivity contribution in [2.75, 3.05) is 19.6 Å². The van der Waals surface area contributed by atoms with Crippen LogP contribution in [0.3, 0.4) is 0 Å². The molecular weight excluding hydrogens is 221 g/mol. The van der Waals surface area contributed by atoms with Gasteiger partial charge in [-0.2, -0.15) is 13.2 Å². The molecule has 16 heavy (non-hydrogen) atoms. The number of nitrogens with zero attached hydrogens (tertiary/aromatic N) is 2. The maximum Gasteiger partial charge on any atom is 0.406 e. The van der Waals surface area contributed by atoms with Gasteiger partial charge in [-0.25, -0.2) is 5.84 Å². The van der Waals surface area contributed by atoms with Gasteiger partial charge in [0.05, 0.1) is 0 Å². The first kappa shape index (κ1) is 15.0. The first-order chi connectivity index (χ1) is 7.30. The summed E-state index contributed by atoms with van der Waals surface area (Å²) in [5, 5.41) is 0. The molecule has 0 aliphatic heterocycles. The molecule has 96 valence electrons. The molecule has 3 N–H and O–H groups in total. The Labute approximate surface area is 93.7 Å². The highest BCUT2D eigenvalue weighted by atomic mass is 19.4. The van der Waals surface area contributed by atoms with E-state index in [2.05, 4.69) is 10.4 Å². The zero-order valence-electron chi connectivity index (χ0n) is 9.80. The number of hydrazine groups is 1. The Morgan fingerprint density at radius 3 is 2.31 bits per heavy atom. The average Bonchev–Trinajstić information content (AvgIpc) is 2.14. The maximum absolute atomic E-state index is 12.2. The summed E-state index contributed by atoms with van der Waals surface area (Å²) in [5.74, 6) is 5.51. The van der Waals surface area contributed by atoms with Crippen LogP contribution in [0.5, 0.6) is 0 Å². The zero-order valence-corrected chi connectivity index (χ0v) is 9.80. The SMILES string of the molecule is CCN(CC(F)(F)F)C(=NCC(C)C)NN. The highest BCUT2D eigenvalue weighted by molar-refractivity contribution is 5.79. The van der Waals surface area contributed by atoms with Crippen LogP contribution in [-0.4, -0.2) is 36.7 Å². The van der Waals surface area contributed by atoms with Crippen molar-refractivity contribution in [3.63, 3.8) is 0 Å². The van der Waals surface area contributed by atoms with Gasteiger partial charge in [0.15, 0.2) is 0 Å². The number of nitrogens with one attached hydrogen (secondary N) is 1. The summed E-state index contributed by atoms with van der Waals surface area (Å²) in [6, 6.07) is 0. The van der Waals surface area contributed by atoms with E-state index in [0.717, 1.165) is 4.90 Å². The van der Waals surface area contributed by atoms with Crippen LogP contribution in [0.2, 0.25) is 0 Å². The summed E-state index contributed by atoms with van der Waals surface area (Å²) in [5.41, 5.74) is 2.21. The molecular formula is C9H19F3N4. The van der Waals surface area contributed by atoms with Gasteiger partial charge < -0.3 is 4.90 Å². The van der Waals surface area contributed by atoms with Crippen molar-refractivity contribution in [3.05, 3.63) is 0 Å². The summed E-state index contributed by atoms with van der Waals surface area (Å²) >= 11 is 0. The Kier molecular flexibility index (Phi) is 6.17. The van der Waals surface area contributed by atoms with Gasteiger partial charge in [0.2, 0.25) is 5.96 Å². The minimum absolute atomic E-state index is 0.0773. The molecule has 0 aromatic heterocycles. The van der Waals surface area contributed by atoms with Crippen LogP contribution in [0.15, 0.2) is 4.99 Å². The predicted molar refractivity (Wildman–Crippen MR) is 57.8 cm³/mol. The number of halogens is 3. The molecule has 4 nitrogen and oxygen atoms in total.